The molecule has 4 atom stereocenters. The van der Waals surface area contributed by atoms with Gasteiger partial charge in [-0.2, -0.15) is 0 Å². The predicted octanol–water partition coefficient (Wildman–Crippen LogP) is -1.10. The van der Waals surface area contributed by atoms with E-state index in [-0.39, 0.29) is 6.10 Å². The van der Waals surface area contributed by atoms with Gasteiger partial charge in [0.05, 0.1) is 6.61 Å². The van der Waals surface area contributed by atoms with Crippen LogP contribution in [0.2, 0.25) is 0 Å². The van der Waals surface area contributed by atoms with Crippen molar-refractivity contribution >= 4 is 7.85 Å². The lowest BCUT2D eigenvalue weighted by Crippen LogP contribution is -2.35. The van der Waals surface area contributed by atoms with Gasteiger partial charge in [-0.15, -0.1) is 0 Å². The van der Waals surface area contributed by atoms with Gasteiger partial charge in [0.25, 0.3) is 0 Å². The minimum absolute atomic E-state index is 0.328. The van der Waals surface area contributed by atoms with Crippen molar-refractivity contribution in [1.29, 1.82) is 0 Å². The number of hydrogen-bond acceptors (Lipinski definition) is 4. The highest BCUT2D eigenvalue weighted by atomic mass is 16.6. The summed E-state index contributed by atoms with van der Waals surface area (Å²) in [6.45, 7) is 0.328. The molecule has 5 heteroatoms. The average molecular weight is 172 g/mol. The monoisotopic (exact) mass is 172 g/mol. The van der Waals surface area contributed by atoms with Crippen molar-refractivity contribution in [1.82, 2.24) is 0 Å². The molecule has 0 aromatic heterocycles. The summed E-state index contributed by atoms with van der Waals surface area (Å²) in [5.41, 5.74) is 0. The second kappa shape index (κ2) is 4.23. The van der Waals surface area contributed by atoms with Gasteiger partial charge in [0.15, 0.2) is 0 Å². The Morgan fingerprint density at radius 3 is 2.58 bits per heavy atom. The Kier molecular flexibility index (Phi) is 3.52. The van der Waals surface area contributed by atoms with E-state index in [9.17, 15) is 5.11 Å². The molecule has 1 rings (SSSR count). The van der Waals surface area contributed by atoms with E-state index in [2.05, 4.69) is 0 Å². The van der Waals surface area contributed by atoms with Crippen molar-refractivity contribution in [2.75, 3.05) is 20.8 Å². The molecule has 12 heavy (non-hydrogen) atoms. The van der Waals surface area contributed by atoms with Gasteiger partial charge in [-0.25, -0.2) is 0 Å². The lowest BCUT2D eigenvalue weighted by Gasteiger charge is -2.16. The Morgan fingerprint density at radius 2 is 2.17 bits per heavy atom. The molecule has 1 aliphatic rings. The number of methoxy groups -OCH3 is 2. The maximum atomic E-state index is 9.54. The van der Waals surface area contributed by atoms with Crippen LogP contribution < -0.4 is 0 Å². The molecular weight excluding hydrogens is 159 g/mol. The summed E-state index contributed by atoms with van der Waals surface area (Å²) in [6, 6.07) is -0.565. The smallest absolute Gasteiger partial charge is 0.112 e. The molecule has 1 saturated heterocycles. The quantitative estimate of drug-likeness (QED) is 0.549. The minimum atomic E-state index is -0.704. The number of hydrogen-bond donors (Lipinski definition) is 1. The van der Waals surface area contributed by atoms with Crippen LogP contribution in [-0.2, 0) is 14.2 Å². The van der Waals surface area contributed by atoms with Gasteiger partial charge in [0, 0.05) is 20.2 Å². The fourth-order valence-electron chi connectivity index (χ4n) is 1.34. The van der Waals surface area contributed by atoms with Gasteiger partial charge < -0.3 is 19.3 Å². The molecule has 1 fully saturated rings. The zero-order valence-corrected chi connectivity index (χ0v) is 7.27. The molecule has 1 unspecified atom stereocenters. The highest BCUT2D eigenvalue weighted by Crippen LogP contribution is 2.21. The third-order valence-electron chi connectivity index (χ3n) is 1.98. The molecule has 68 valence electrons. The van der Waals surface area contributed by atoms with E-state index in [1.807, 2.05) is 0 Å². The Bertz CT molecular complexity index is 143. The fraction of sp³-hybridized carbons (Fsp3) is 1.00. The summed E-state index contributed by atoms with van der Waals surface area (Å²) >= 11 is 0. The number of rotatable bonds is 3. The van der Waals surface area contributed by atoms with Crippen molar-refractivity contribution in [2.45, 2.75) is 24.3 Å². The SMILES string of the molecule is [B][C@@H]1O[C@H](COC)C(O)[C@@H]1OC. The summed E-state index contributed by atoms with van der Waals surface area (Å²) in [5, 5.41) is 9.54. The van der Waals surface area contributed by atoms with Crippen LogP contribution in [0.4, 0.5) is 0 Å². The van der Waals surface area contributed by atoms with E-state index in [0.29, 0.717) is 6.61 Å². The van der Waals surface area contributed by atoms with Crippen LogP contribution in [0.1, 0.15) is 0 Å². The first-order chi connectivity index (χ1) is 5.70. The van der Waals surface area contributed by atoms with Crippen LogP contribution in [0, 0.1) is 0 Å². The first kappa shape index (κ1) is 9.99. The Balaban J connectivity index is 2.49. The fourth-order valence-corrected chi connectivity index (χ4v) is 1.34. The van der Waals surface area contributed by atoms with Crippen LogP contribution in [0.15, 0.2) is 0 Å². The van der Waals surface area contributed by atoms with Crippen LogP contribution in [0.3, 0.4) is 0 Å². The second-order valence-electron chi connectivity index (χ2n) is 2.79. The Hall–Kier alpha value is -0.0951. The van der Waals surface area contributed by atoms with Crippen molar-refractivity contribution in [3.05, 3.63) is 0 Å². The molecule has 0 aliphatic carbocycles. The normalized spacial score (nSPS) is 41.9. The lowest BCUT2D eigenvalue weighted by atomic mass is 9.93. The van der Waals surface area contributed by atoms with E-state index in [1.165, 1.54) is 7.11 Å². The van der Waals surface area contributed by atoms with E-state index in [0.717, 1.165) is 0 Å². The largest absolute Gasteiger partial charge is 0.388 e. The summed E-state index contributed by atoms with van der Waals surface area (Å²) < 4.78 is 15.0. The zero-order valence-electron chi connectivity index (χ0n) is 7.27. The second-order valence-corrected chi connectivity index (χ2v) is 2.79. The molecule has 0 amide bonds. The Labute approximate surface area is 73.2 Å². The van der Waals surface area contributed by atoms with Crippen LogP contribution >= 0.6 is 0 Å². The maximum absolute atomic E-state index is 9.54. The highest BCUT2D eigenvalue weighted by Gasteiger charge is 2.40. The van der Waals surface area contributed by atoms with E-state index < -0.39 is 18.2 Å². The van der Waals surface area contributed by atoms with Crippen LogP contribution in [0.25, 0.3) is 0 Å². The van der Waals surface area contributed by atoms with Gasteiger partial charge >= 0.3 is 0 Å². The lowest BCUT2D eigenvalue weighted by molar-refractivity contribution is -0.0247. The maximum Gasteiger partial charge on any atom is 0.112 e. The third kappa shape index (κ3) is 1.80. The van der Waals surface area contributed by atoms with Gasteiger partial charge in [-0.1, -0.05) is 0 Å². The molecule has 0 saturated carbocycles. The van der Waals surface area contributed by atoms with Crippen molar-refractivity contribution in [2.24, 2.45) is 0 Å². The average Bonchev–Trinajstić information content (AvgIpc) is 2.29. The van der Waals surface area contributed by atoms with Crippen LogP contribution in [-0.4, -0.2) is 58.1 Å². The van der Waals surface area contributed by atoms with Crippen LogP contribution in [0.5, 0.6) is 0 Å². The molecule has 2 radical (unpaired) electrons. The number of ether oxygens (including phenoxy) is 3. The first-order valence-corrected chi connectivity index (χ1v) is 3.81. The third-order valence-corrected chi connectivity index (χ3v) is 1.98. The summed E-state index contributed by atoms with van der Waals surface area (Å²) in [7, 11) is 8.57. The summed E-state index contributed by atoms with van der Waals surface area (Å²) in [5.74, 6) is 0. The molecule has 0 aromatic carbocycles. The van der Waals surface area contributed by atoms with Gasteiger partial charge in [0.2, 0.25) is 0 Å². The van der Waals surface area contributed by atoms with Crippen molar-refractivity contribution in [3.8, 4) is 0 Å². The molecule has 1 aliphatic heterocycles. The Morgan fingerprint density at radius 1 is 1.50 bits per heavy atom. The molecular formula is C7H13BO4. The van der Waals surface area contributed by atoms with Gasteiger partial charge in [-0.3, -0.25) is 0 Å². The van der Waals surface area contributed by atoms with Crippen molar-refractivity contribution < 1.29 is 19.3 Å². The molecule has 1 N–H and O–H groups in total. The summed E-state index contributed by atoms with van der Waals surface area (Å²) in [6.07, 6.45) is -1.54. The molecule has 0 bridgehead atoms. The highest BCUT2D eigenvalue weighted by molar-refractivity contribution is 6.11. The molecule has 4 nitrogen and oxygen atoms in total. The topological polar surface area (TPSA) is 47.9 Å². The predicted molar refractivity (Wildman–Crippen MR) is 43.1 cm³/mol. The van der Waals surface area contributed by atoms with E-state index in [1.54, 1.807) is 7.11 Å². The van der Waals surface area contributed by atoms with Gasteiger partial charge in [0.1, 0.15) is 26.2 Å². The number of aliphatic hydroxyl groups excluding tert-OH is 1. The zero-order chi connectivity index (χ0) is 9.14. The van der Waals surface area contributed by atoms with E-state index >= 15 is 0 Å². The minimum Gasteiger partial charge on any atom is -0.388 e. The van der Waals surface area contributed by atoms with Gasteiger partial charge in [-0.05, 0) is 0 Å². The van der Waals surface area contributed by atoms with Crippen molar-refractivity contribution in [3.63, 3.8) is 0 Å². The number of aliphatic hydroxyl groups is 1. The molecule has 1 heterocycles. The summed E-state index contributed by atoms with van der Waals surface area (Å²) in [4.78, 5) is 0. The molecule has 0 aromatic rings. The first-order valence-electron chi connectivity index (χ1n) is 3.81. The van der Waals surface area contributed by atoms with E-state index in [4.69, 9.17) is 22.1 Å². The standard InChI is InChI=1S/C7H13BO4/c1-10-3-4-5(9)6(11-2)7(8)12-4/h4-7,9H,3H2,1-2H3/t4-,5?,6+,7-/m1/s1. The molecule has 0 spiro atoms.